The van der Waals surface area contributed by atoms with Gasteiger partial charge in [0.15, 0.2) is 0 Å². The van der Waals surface area contributed by atoms with Crippen molar-refractivity contribution in [2.24, 2.45) is 0 Å². The largest absolute Gasteiger partial charge is 0.366 e. The number of aromatic nitrogens is 1. The van der Waals surface area contributed by atoms with Crippen molar-refractivity contribution in [2.45, 2.75) is 20.8 Å². The third-order valence-electron chi connectivity index (χ3n) is 2.35. The van der Waals surface area contributed by atoms with Crippen molar-refractivity contribution in [3.05, 3.63) is 46.7 Å². The molecule has 88 valence electrons. The SMILES string of the molecule is CC.Cc1cccc(-c2c[nH]cc2C#N)c1Cl. The molecule has 0 amide bonds. The molecule has 2 rings (SSSR count). The molecular formula is C14H15ClN2. The van der Waals surface area contributed by atoms with Crippen LogP contribution in [0.4, 0.5) is 0 Å². The van der Waals surface area contributed by atoms with Crippen LogP contribution < -0.4 is 0 Å². The topological polar surface area (TPSA) is 39.6 Å². The minimum absolute atomic E-state index is 0.613. The zero-order valence-electron chi connectivity index (χ0n) is 10.2. The van der Waals surface area contributed by atoms with Crippen LogP contribution in [-0.4, -0.2) is 4.98 Å². The van der Waals surface area contributed by atoms with E-state index in [-0.39, 0.29) is 0 Å². The van der Waals surface area contributed by atoms with Crippen LogP contribution >= 0.6 is 11.6 Å². The van der Waals surface area contributed by atoms with Crippen LogP contribution in [0.5, 0.6) is 0 Å². The molecule has 0 aliphatic heterocycles. The summed E-state index contributed by atoms with van der Waals surface area (Å²) in [6.45, 7) is 5.95. The Bertz CT molecular complexity index is 535. The normalized spacial score (nSPS) is 9.12. The van der Waals surface area contributed by atoms with E-state index >= 15 is 0 Å². The molecule has 0 saturated heterocycles. The molecule has 3 heteroatoms. The standard InChI is InChI=1S/C12H9ClN2.C2H6/c1-8-3-2-4-10(12(8)13)11-7-15-6-9(11)5-14;1-2/h2-4,6-7,15H,1H3;1-2H3. The van der Waals surface area contributed by atoms with E-state index in [9.17, 15) is 0 Å². The van der Waals surface area contributed by atoms with Crippen LogP contribution in [0.3, 0.4) is 0 Å². The fourth-order valence-corrected chi connectivity index (χ4v) is 1.76. The molecule has 1 aromatic carbocycles. The van der Waals surface area contributed by atoms with Crippen LogP contribution in [0.15, 0.2) is 30.6 Å². The smallest absolute Gasteiger partial charge is 0.101 e. The van der Waals surface area contributed by atoms with E-state index in [1.165, 1.54) is 0 Å². The second kappa shape index (κ2) is 6.12. The second-order valence-corrected chi connectivity index (χ2v) is 3.71. The third-order valence-corrected chi connectivity index (χ3v) is 2.85. The van der Waals surface area contributed by atoms with Crippen LogP contribution in [0.25, 0.3) is 11.1 Å². The number of hydrogen-bond acceptors (Lipinski definition) is 1. The van der Waals surface area contributed by atoms with E-state index in [4.69, 9.17) is 16.9 Å². The highest BCUT2D eigenvalue weighted by molar-refractivity contribution is 6.34. The van der Waals surface area contributed by atoms with Gasteiger partial charge in [-0.15, -0.1) is 0 Å². The first-order valence-electron chi connectivity index (χ1n) is 5.56. The molecule has 1 N–H and O–H groups in total. The Hall–Kier alpha value is -1.72. The summed E-state index contributed by atoms with van der Waals surface area (Å²) in [5, 5.41) is 9.62. The van der Waals surface area contributed by atoms with Crippen molar-refractivity contribution in [3.8, 4) is 17.2 Å². The van der Waals surface area contributed by atoms with Gasteiger partial charge in [0.2, 0.25) is 0 Å². The van der Waals surface area contributed by atoms with Gasteiger partial charge in [-0.2, -0.15) is 5.26 Å². The first-order chi connectivity index (χ1) is 8.24. The van der Waals surface area contributed by atoms with E-state index in [2.05, 4.69) is 11.1 Å². The Morgan fingerprint density at radius 2 is 1.88 bits per heavy atom. The molecule has 2 aromatic rings. The zero-order valence-corrected chi connectivity index (χ0v) is 11.0. The molecule has 0 aliphatic carbocycles. The highest BCUT2D eigenvalue weighted by Gasteiger charge is 2.10. The van der Waals surface area contributed by atoms with Crippen molar-refractivity contribution in [2.75, 3.05) is 0 Å². The lowest BCUT2D eigenvalue weighted by atomic mass is 10.0. The highest BCUT2D eigenvalue weighted by Crippen LogP contribution is 2.32. The van der Waals surface area contributed by atoms with Crippen LogP contribution in [0.2, 0.25) is 5.02 Å². The molecule has 0 radical (unpaired) electrons. The van der Waals surface area contributed by atoms with Gasteiger partial charge in [0.1, 0.15) is 6.07 Å². The predicted molar refractivity (Wildman–Crippen MR) is 72.0 cm³/mol. The van der Waals surface area contributed by atoms with Gasteiger partial charge in [-0.25, -0.2) is 0 Å². The number of rotatable bonds is 1. The Kier molecular flexibility index (Phi) is 4.81. The van der Waals surface area contributed by atoms with E-state index in [1.807, 2.05) is 39.0 Å². The van der Waals surface area contributed by atoms with E-state index < -0.39 is 0 Å². The number of nitrogens with zero attached hydrogens (tertiary/aromatic N) is 1. The zero-order chi connectivity index (χ0) is 12.8. The number of benzene rings is 1. The fraction of sp³-hybridized carbons (Fsp3) is 0.214. The molecule has 1 heterocycles. The number of nitriles is 1. The van der Waals surface area contributed by atoms with Gasteiger partial charge in [0, 0.05) is 23.5 Å². The van der Waals surface area contributed by atoms with E-state index in [0.717, 1.165) is 16.7 Å². The van der Waals surface area contributed by atoms with Crippen molar-refractivity contribution < 1.29 is 0 Å². The molecule has 0 saturated carbocycles. The first kappa shape index (κ1) is 13.3. The molecule has 0 spiro atoms. The fourth-order valence-electron chi connectivity index (χ4n) is 1.53. The second-order valence-electron chi connectivity index (χ2n) is 3.33. The molecule has 0 atom stereocenters. The van der Waals surface area contributed by atoms with Gasteiger partial charge >= 0.3 is 0 Å². The summed E-state index contributed by atoms with van der Waals surface area (Å²) < 4.78 is 0. The molecule has 0 bridgehead atoms. The average Bonchev–Trinajstić information content (AvgIpc) is 2.83. The third kappa shape index (κ3) is 2.69. The summed E-state index contributed by atoms with van der Waals surface area (Å²) in [5.74, 6) is 0. The summed E-state index contributed by atoms with van der Waals surface area (Å²) in [6, 6.07) is 7.93. The quantitative estimate of drug-likeness (QED) is 0.788. The molecule has 0 fully saturated rings. The van der Waals surface area contributed by atoms with E-state index in [0.29, 0.717) is 10.6 Å². The summed E-state index contributed by atoms with van der Waals surface area (Å²) in [4.78, 5) is 2.91. The molecule has 17 heavy (non-hydrogen) atoms. The minimum Gasteiger partial charge on any atom is -0.366 e. The average molecular weight is 247 g/mol. The van der Waals surface area contributed by atoms with Crippen molar-refractivity contribution >= 4 is 11.6 Å². The maximum absolute atomic E-state index is 8.92. The number of halogens is 1. The monoisotopic (exact) mass is 246 g/mol. The lowest BCUT2D eigenvalue weighted by molar-refractivity contribution is 1.40. The van der Waals surface area contributed by atoms with E-state index in [1.54, 1.807) is 12.4 Å². The highest BCUT2D eigenvalue weighted by atomic mass is 35.5. The maximum Gasteiger partial charge on any atom is 0.101 e. The number of H-pyrrole nitrogens is 1. The Balaban J connectivity index is 0.000000686. The summed E-state index contributed by atoms with van der Waals surface area (Å²) in [7, 11) is 0. The summed E-state index contributed by atoms with van der Waals surface area (Å²) in [5.41, 5.74) is 3.38. The van der Waals surface area contributed by atoms with Gasteiger partial charge in [-0.05, 0) is 12.5 Å². The van der Waals surface area contributed by atoms with Gasteiger partial charge in [-0.1, -0.05) is 43.6 Å². The van der Waals surface area contributed by atoms with Crippen LogP contribution in [-0.2, 0) is 0 Å². The number of aromatic amines is 1. The predicted octanol–water partition coefficient (Wildman–Crippen LogP) is 4.54. The molecule has 0 aliphatic rings. The van der Waals surface area contributed by atoms with Gasteiger partial charge in [0.25, 0.3) is 0 Å². The Labute approximate surface area is 107 Å². The lowest BCUT2D eigenvalue weighted by Crippen LogP contribution is -1.83. The van der Waals surface area contributed by atoms with Crippen molar-refractivity contribution in [3.63, 3.8) is 0 Å². The first-order valence-corrected chi connectivity index (χ1v) is 5.94. The molecule has 2 nitrogen and oxygen atoms in total. The summed E-state index contributed by atoms with van der Waals surface area (Å²) in [6.07, 6.45) is 3.47. The van der Waals surface area contributed by atoms with Crippen molar-refractivity contribution in [1.29, 1.82) is 5.26 Å². The number of hydrogen-bond donors (Lipinski definition) is 1. The Morgan fingerprint density at radius 3 is 2.53 bits per heavy atom. The van der Waals surface area contributed by atoms with Gasteiger partial charge in [-0.3, -0.25) is 0 Å². The Morgan fingerprint density at radius 1 is 1.18 bits per heavy atom. The van der Waals surface area contributed by atoms with Crippen LogP contribution in [0, 0.1) is 18.3 Å². The number of nitrogens with one attached hydrogen (secondary N) is 1. The van der Waals surface area contributed by atoms with Gasteiger partial charge < -0.3 is 4.98 Å². The van der Waals surface area contributed by atoms with Crippen molar-refractivity contribution in [1.82, 2.24) is 4.98 Å². The van der Waals surface area contributed by atoms with Crippen LogP contribution in [0.1, 0.15) is 25.0 Å². The molecule has 0 unspecified atom stereocenters. The molecule has 1 aromatic heterocycles. The van der Waals surface area contributed by atoms with Gasteiger partial charge in [0.05, 0.1) is 10.6 Å². The maximum atomic E-state index is 8.92. The lowest BCUT2D eigenvalue weighted by Gasteiger charge is -2.04. The minimum atomic E-state index is 0.613. The number of aryl methyl sites for hydroxylation is 1. The summed E-state index contributed by atoms with van der Waals surface area (Å²) >= 11 is 6.19. The molecular weight excluding hydrogens is 232 g/mol.